The van der Waals surface area contributed by atoms with E-state index >= 15 is 0 Å². The van der Waals surface area contributed by atoms with Crippen LogP contribution in [0, 0.1) is 5.41 Å². The Morgan fingerprint density at radius 3 is 2.44 bits per heavy atom. The highest BCUT2D eigenvalue weighted by molar-refractivity contribution is 5.04. The molecule has 0 aromatic heterocycles. The van der Waals surface area contributed by atoms with Crippen LogP contribution < -0.4 is 0 Å². The zero-order chi connectivity index (χ0) is 6.48. The topological polar surface area (TPSA) is 3.24 Å². The van der Waals surface area contributed by atoms with E-state index in [-0.39, 0.29) is 0 Å². The summed E-state index contributed by atoms with van der Waals surface area (Å²) in [6, 6.07) is 0.972. The minimum Gasteiger partial charge on any atom is -0.300 e. The molecule has 0 amide bonds. The lowest BCUT2D eigenvalue weighted by molar-refractivity contribution is 0.198. The van der Waals surface area contributed by atoms with Gasteiger partial charge in [-0.3, -0.25) is 0 Å². The van der Waals surface area contributed by atoms with E-state index in [9.17, 15) is 0 Å². The lowest BCUT2D eigenvalue weighted by atomic mass is 9.72. The average molecular weight is 125 g/mol. The molecule has 52 valence electrons. The number of hydrogen-bond donors (Lipinski definition) is 0. The first kappa shape index (κ1) is 5.72. The van der Waals surface area contributed by atoms with Crippen LogP contribution in [0.1, 0.15) is 26.7 Å². The predicted octanol–water partition coefficient (Wildman–Crippen LogP) is 1.49. The minimum atomic E-state index is 0.737. The van der Waals surface area contributed by atoms with Crippen molar-refractivity contribution in [1.82, 2.24) is 4.90 Å². The van der Waals surface area contributed by atoms with E-state index in [2.05, 4.69) is 18.7 Å². The molecule has 1 nitrogen and oxygen atoms in total. The molecular formula is C8H15N. The third-order valence-corrected chi connectivity index (χ3v) is 2.96. The molecule has 3 aliphatic rings. The van der Waals surface area contributed by atoms with Crippen LogP contribution in [0.5, 0.6) is 0 Å². The summed E-state index contributed by atoms with van der Waals surface area (Å²) in [5.74, 6) is 0. The van der Waals surface area contributed by atoms with E-state index in [0.29, 0.717) is 0 Å². The summed E-state index contributed by atoms with van der Waals surface area (Å²) in [5, 5.41) is 0. The molecule has 2 saturated heterocycles. The van der Waals surface area contributed by atoms with Crippen molar-refractivity contribution in [3.8, 4) is 0 Å². The van der Waals surface area contributed by atoms with Gasteiger partial charge >= 0.3 is 0 Å². The Bertz CT molecular complexity index is 125. The Hall–Kier alpha value is -0.0400. The summed E-state index contributed by atoms with van der Waals surface area (Å²) in [4.78, 5) is 2.61. The lowest BCUT2D eigenvalue weighted by Crippen LogP contribution is -2.32. The summed E-state index contributed by atoms with van der Waals surface area (Å²) >= 11 is 0. The third kappa shape index (κ3) is 0.644. The molecule has 0 spiro atoms. The molecular weight excluding hydrogens is 110 g/mol. The van der Waals surface area contributed by atoms with Crippen LogP contribution in [0.3, 0.4) is 0 Å². The first-order valence-corrected chi connectivity index (χ1v) is 3.97. The van der Waals surface area contributed by atoms with Crippen molar-refractivity contribution in [2.45, 2.75) is 32.7 Å². The Morgan fingerprint density at radius 2 is 2.22 bits per heavy atom. The smallest absolute Gasteiger partial charge is 0.0107 e. The number of nitrogens with zero attached hydrogens (tertiary/aromatic N) is 1. The van der Waals surface area contributed by atoms with Crippen LogP contribution in [0.15, 0.2) is 0 Å². The van der Waals surface area contributed by atoms with Gasteiger partial charge in [0.1, 0.15) is 0 Å². The summed E-state index contributed by atoms with van der Waals surface area (Å²) in [6.07, 6.45) is 2.95. The molecule has 2 bridgehead atoms. The van der Waals surface area contributed by atoms with Gasteiger partial charge < -0.3 is 4.90 Å². The van der Waals surface area contributed by atoms with E-state index in [4.69, 9.17) is 0 Å². The second-order valence-corrected chi connectivity index (χ2v) is 3.94. The Labute approximate surface area is 57.0 Å². The maximum absolute atomic E-state index is 2.61. The molecule has 1 aliphatic carbocycles. The average Bonchev–Trinajstić information content (AvgIpc) is 2.18. The van der Waals surface area contributed by atoms with E-state index in [0.717, 1.165) is 11.5 Å². The van der Waals surface area contributed by atoms with E-state index in [1.165, 1.54) is 25.9 Å². The van der Waals surface area contributed by atoms with Gasteiger partial charge in [0.05, 0.1) is 0 Å². The van der Waals surface area contributed by atoms with Gasteiger partial charge in [-0.15, -0.1) is 0 Å². The minimum absolute atomic E-state index is 0.737. The molecule has 0 radical (unpaired) electrons. The molecule has 9 heavy (non-hydrogen) atoms. The second-order valence-electron chi connectivity index (χ2n) is 3.94. The summed E-state index contributed by atoms with van der Waals surface area (Å²) in [5.41, 5.74) is 0.737. The van der Waals surface area contributed by atoms with E-state index < -0.39 is 0 Å². The normalized spacial score (nSPS) is 49.3. The molecule has 3 rings (SSSR count). The van der Waals surface area contributed by atoms with Crippen molar-refractivity contribution in [3.05, 3.63) is 0 Å². The molecule has 0 aromatic carbocycles. The quantitative estimate of drug-likeness (QED) is 0.513. The molecule has 0 aromatic rings. The highest BCUT2D eigenvalue weighted by Gasteiger charge is 2.50. The van der Waals surface area contributed by atoms with Crippen molar-refractivity contribution >= 4 is 0 Å². The van der Waals surface area contributed by atoms with Gasteiger partial charge in [0.2, 0.25) is 0 Å². The lowest BCUT2D eigenvalue weighted by Gasteiger charge is -2.33. The SMILES string of the molecule is CCN1CC2(C)CC1C2. The molecule has 2 heterocycles. The standard InChI is InChI=1S/C8H15N/c1-3-9-6-8(2)4-7(9)5-8/h7H,3-6H2,1-2H3. The highest BCUT2D eigenvalue weighted by Crippen LogP contribution is 2.50. The zero-order valence-electron chi connectivity index (χ0n) is 6.35. The van der Waals surface area contributed by atoms with Crippen molar-refractivity contribution in [2.24, 2.45) is 5.41 Å². The van der Waals surface area contributed by atoms with Crippen LogP contribution in [0.2, 0.25) is 0 Å². The zero-order valence-corrected chi connectivity index (χ0v) is 6.35. The summed E-state index contributed by atoms with van der Waals surface area (Å²) < 4.78 is 0. The van der Waals surface area contributed by atoms with Crippen molar-refractivity contribution < 1.29 is 0 Å². The van der Waals surface area contributed by atoms with Gasteiger partial charge in [0, 0.05) is 12.6 Å². The molecule has 0 N–H and O–H groups in total. The first-order chi connectivity index (χ1) is 4.23. The van der Waals surface area contributed by atoms with Gasteiger partial charge in [0.15, 0.2) is 0 Å². The maximum atomic E-state index is 2.61. The van der Waals surface area contributed by atoms with E-state index in [1.54, 1.807) is 0 Å². The van der Waals surface area contributed by atoms with Crippen molar-refractivity contribution in [1.29, 1.82) is 0 Å². The molecule has 2 aliphatic heterocycles. The second kappa shape index (κ2) is 1.51. The molecule has 1 saturated carbocycles. The Morgan fingerprint density at radius 1 is 1.56 bits per heavy atom. The van der Waals surface area contributed by atoms with Crippen LogP contribution in [0.4, 0.5) is 0 Å². The Kier molecular flexibility index (Phi) is 0.963. The highest BCUT2D eigenvalue weighted by atomic mass is 15.2. The summed E-state index contributed by atoms with van der Waals surface area (Å²) in [7, 11) is 0. The van der Waals surface area contributed by atoms with E-state index in [1.807, 2.05) is 0 Å². The van der Waals surface area contributed by atoms with Gasteiger partial charge in [-0.25, -0.2) is 0 Å². The molecule has 1 heteroatoms. The molecule has 3 fully saturated rings. The monoisotopic (exact) mass is 125 g/mol. The fourth-order valence-corrected chi connectivity index (χ4v) is 2.45. The number of hydrogen-bond acceptors (Lipinski definition) is 1. The van der Waals surface area contributed by atoms with Gasteiger partial charge in [-0.2, -0.15) is 0 Å². The van der Waals surface area contributed by atoms with Gasteiger partial charge in [0.25, 0.3) is 0 Å². The van der Waals surface area contributed by atoms with Crippen LogP contribution >= 0.6 is 0 Å². The fraction of sp³-hybridized carbons (Fsp3) is 1.00. The van der Waals surface area contributed by atoms with Crippen molar-refractivity contribution in [3.63, 3.8) is 0 Å². The third-order valence-electron chi connectivity index (χ3n) is 2.96. The van der Waals surface area contributed by atoms with Crippen LogP contribution in [-0.4, -0.2) is 24.0 Å². The van der Waals surface area contributed by atoms with Gasteiger partial charge in [-0.05, 0) is 24.8 Å². The Balaban J connectivity index is 2.06. The predicted molar refractivity (Wildman–Crippen MR) is 38.4 cm³/mol. The maximum Gasteiger partial charge on any atom is 0.0107 e. The molecule has 0 atom stereocenters. The van der Waals surface area contributed by atoms with Gasteiger partial charge in [-0.1, -0.05) is 13.8 Å². The largest absolute Gasteiger partial charge is 0.300 e. The van der Waals surface area contributed by atoms with Crippen LogP contribution in [-0.2, 0) is 0 Å². The number of rotatable bonds is 1. The fourth-order valence-electron chi connectivity index (χ4n) is 2.45. The number of fused-ring (bicyclic) bond motifs is 1. The van der Waals surface area contributed by atoms with Crippen molar-refractivity contribution in [2.75, 3.05) is 13.1 Å². The van der Waals surface area contributed by atoms with Crippen LogP contribution in [0.25, 0.3) is 0 Å². The molecule has 0 unspecified atom stereocenters. The first-order valence-electron chi connectivity index (χ1n) is 3.97. The summed E-state index contributed by atoms with van der Waals surface area (Å²) in [6.45, 7) is 7.32.